The molecule has 2 aromatic heterocycles. The molecule has 33 heavy (non-hydrogen) atoms. The van der Waals surface area contributed by atoms with Gasteiger partial charge in [-0.2, -0.15) is 10.1 Å². The van der Waals surface area contributed by atoms with Gasteiger partial charge in [0.2, 0.25) is 5.82 Å². The van der Waals surface area contributed by atoms with Gasteiger partial charge in [0.15, 0.2) is 5.69 Å². The Morgan fingerprint density at radius 2 is 1.88 bits per heavy atom. The van der Waals surface area contributed by atoms with Crippen LogP contribution in [-0.4, -0.2) is 38.6 Å². The number of carbonyl (C=O) groups is 1. The number of rotatable bonds is 8. The lowest BCUT2D eigenvalue weighted by Gasteiger charge is -2.11. The molecule has 0 aliphatic carbocycles. The smallest absolute Gasteiger partial charge is 0.358 e. The van der Waals surface area contributed by atoms with Gasteiger partial charge < -0.3 is 14.0 Å². The molecule has 0 bridgehead atoms. The van der Waals surface area contributed by atoms with Crippen LogP contribution in [0.25, 0.3) is 22.8 Å². The number of hydrogen-bond acceptors (Lipinski definition) is 7. The fraction of sp³-hybridized carbons (Fsp3) is 0.250. The van der Waals surface area contributed by atoms with E-state index in [9.17, 15) is 4.79 Å². The molecule has 0 spiro atoms. The van der Waals surface area contributed by atoms with Gasteiger partial charge >= 0.3 is 5.97 Å². The van der Waals surface area contributed by atoms with E-state index in [4.69, 9.17) is 25.6 Å². The third-order valence-electron chi connectivity index (χ3n) is 4.65. The van der Waals surface area contributed by atoms with Crippen LogP contribution in [0, 0.1) is 0 Å². The van der Waals surface area contributed by atoms with E-state index >= 15 is 0 Å². The van der Waals surface area contributed by atoms with Gasteiger partial charge in [-0.25, -0.2) is 4.79 Å². The molecule has 0 N–H and O–H groups in total. The number of benzene rings is 2. The zero-order valence-corrected chi connectivity index (χ0v) is 19.2. The Morgan fingerprint density at radius 1 is 1.12 bits per heavy atom. The molecule has 0 fully saturated rings. The third-order valence-corrected chi connectivity index (χ3v) is 4.94. The van der Waals surface area contributed by atoms with Crippen LogP contribution in [0.2, 0.25) is 5.02 Å². The van der Waals surface area contributed by atoms with Crippen molar-refractivity contribution in [3.8, 4) is 28.6 Å². The van der Waals surface area contributed by atoms with E-state index in [0.29, 0.717) is 41.2 Å². The molecule has 2 aromatic carbocycles. The van der Waals surface area contributed by atoms with Crippen LogP contribution in [-0.2, 0) is 11.3 Å². The maximum absolute atomic E-state index is 11.8. The molecule has 8 nitrogen and oxygen atoms in total. The summed E-state index contributed by atoms with van der Waals surface area (Å²) >= 11 is 6.32. The lowest BCUT2D eigenvalue weighted by molar-refractivity contribution is 0.0518. The first-order valence-electron chi connectivity index (χ1n) is 10.5. The Kier molecular flexibility index (Phi) is 6.74. The highest BCUT2D eigenvalue weighted by Gasteiger charge is 2.14. The van der Waals surface area contributed by atoms with Gasteiger partial charge in [0.05, 0.1) is 24.3 Å². The van der Waals surface area contributed by atoms with E-state index in [1.54, 1.807) is 36.0 Å². The fourth-order valence-corrected chi connectivity index (χ4v) is 3.38. The molecule has 2 heterocycles. The lowest BCUT2D eigenvalue weighted by atomic mass is 10.1. The van der Waals surface area contributed by atoms with Crippen molar-refractivity contribution >= 4 is 17.6 Å². The van der Waals surface area contributed by atoms with Crippen LogP contribution in [0.3, 0.4) is 0 Å². The number of nitrogens with zero attached hydrogens (tertiary/aromatic N) is 4. The van der Waals surface area contributed by atoms with Gasteiger partial charge in [0, 0.05) is 17.3 Å². The monoisotopic (exact) mass is 466 g/mol. The zero-order valence-electron chi connectivity index (χ0n) is 18.5. The Labute approximate surface area is 196 Å². The second-order valence-electron chi connectivity index (χ2n) is 7.55. The van der Waals surface area contributed by atoms with Crippen molar-refractivity contribution in [1.29, 1.82) is 0 Å². The quantitative estimate of drug-likeness (QED) is 0.327. The topological polar surface area (TPSA) is 92.3 Å². The van der Waals surface area contributed by atoms with Crippen molar-refractivity contribution in [3.05, 3.63) is 71.0 Å². The summed E-state index contributed by atoms with van der Waals surface area (Å²) in [6.45, 7) is 6.47. The van der Waals surface area contributed by atoms with Gasteiger partial charge in [-0.1, -0.05) is 41.0 Å². The molecule has 0 unspecified atom stereocenters. The molecule has 9 heteroatoms. The molecule has 170 valence electrons. The molecular weight excluding hydrogens is 444 g/mol. The van der Waals surface area contributed by atoms with Crippen LogP contribution in [0.4, 0.5) is 0 Å². The summed E-state index contributed by atoms with van der Waals surface area (Å²) in [4.78, 5) is 16.2. The van der Waals surface area contributed by atoms with Gasteiger partial charge in [-0.15, -0.1) is 0 Å². The van der Waals surface area contributed by atoms with Crippen LogP contribution in [0.15, 0.2) is 59.3 Å². The molecule has 0 amide bonds. The van der Waals surface area contributed by atoms with E-state index in [1.807, 2.05) is 44.2 Å². The number of hydrogen-bond donors (Lipinski definition) is 0. The zero-order chi connectivity index (χ0) is 23.4. The fourth-order valence-electron chi connectivity index (χ4n) is 3.15. The average Bonchev–Trinajstić information content (AvgIpc) is 3.46. The molecule has 0 radical (unpaired) electrons. The van der Waals surface area contributed by atoms with Crippen LogP contribution >= 0.6 is 11.6 Å². The minimum Gasteiger partial charge on any atom is -0.489 e. The van der Waals surface area contributed by atoms with Crippen molar-refractivity contribution in [2.45, 2.75) is 33.4 Å². The van der Waals surface area contributed by atoms with Crippen molar-refractivity contribution in [1.82, 2.24) is 19.9 Å². The first kappa shape index (κ1) is 22.5. The highest BCUT2D eigenvalue weighted by Crippen LogP contribution is 2.31. The van der Waals surface area contributed by atoms with Crippen molar-refractivity contribution in [3.63, 3.8) is 0 Å². The summed E-state index contributed by atoms with van der Waals surface area (Å²) < 4.78 is 17.7. The normalized spacial score (nSPS) is 11.1. The van der Waals surface area contributed by atoms with Crippen molar-refractivity contribution < 1.29 is 18.8 Å². The molecule has 0 saturated heterocycles. The molecule has 0 aliphatic rings. The summed E-state index contributed by atoms with van der Waals surface area (Å²) in [6.07, 6.45) is 1.77. The summed E-state index contributed by atoms with van der Waals surface area (Å²) in [5, 5.41) is 8.82. The standard InChI is InChI=1S/C24H23ClN4O4/c1-4-31-24(30)20-11-12-29(27-20)14-16-5-7-17(8-6-16)22-26-23(33-28-22)18-9-10-21(19(25)13-18)32-15(2)3/h5-13,15H,4,14H2,1-3H3. The summed E-state index contributed by atoms with van der Waals surface area (Å²) in [6, 6.07) is 14.7. The number of carbonyl (C=O) groups excluding carboxylic acids is 1. The molecule has 0 atom stereocenters. The molecule has 0 saturated carbocycles. The molecule has 4 rings (SSSR count). The molecule has 0 aliphatic heterocycles. The van der Waals surface area contributed by atoms with E-state index in [0.717, 1.165) is 11.1 Å². The number of ether oxygens (including phenoxy) is 2. The first-order valence-corrected chi connectivity index (χ1v) is 10.9. The van der Waals surface area contributed by atoms with E-state index in [2.05, 4.69) is 15.2 Å². The van der Waals surface area contributed by atoms with Gasteiger partial charge in [-0.3, -0.25) is 4.68 Å². The number of halogens is 1. The Balaban J connectivity index is 1.45. The van der Waals surface area contributed by atoms with Crippen LogP contribution < -0.4 is 4.74 Å². The summed E-state index contributed by atoms with van der Waals surface area (Å²) in [7, 11) is 0. The Hall–Kier alpha value is -3.65. The lowest BCUT2D eigenvalue weighted by Crippen LogP contribution is -2.07. The summed E-state index contributed by atoms with van der Waals surface area (Å²) in [5.74, 6) is 1.02. The van der Waals surface area contributed by atoms with E-state index < -0.39 is 5.97 Å². The first-order chi connectivity index (χ1) is 15.9. The van der Waals surface area contributed by atoms with Gasteiger partial charge in [0.25, 0.3) is 5.89 Å². The predicted octanol–water partition coefficient (Wildman–Crippen LogP) is 5.27. The van der Waals surface area contributed by atoms with E-state index in [-0.39, 0.29) is 11.8 Å². The number of esters is 1. The largest absolute Gasteiger partial charge is 0.489 e. The minimum atomic E-state index is -0.428. The molecular formula is C24H23ClN4O4. The second kappa shape index (κ2) is 9.87. The van der Waals surface area contributed by atoms with Gasteiger partial charge in [-0.05, 0) is 50.6 Å². The maximum atomic E-state index is 11.8. The average molecular weight is 467 g/mol. The molecule has 4 aromatic rings. The third kappa shape index (κ3) is 5.40. The number of aromatic nitrogens is 4. The highest BCUT2D eigenvalue weighted by molar-refractivity contribution is 6.32. The SMILES string of the molecule is CCOC(=O)c1ccn(Cc2ccc(-c3noc(-c4ccc(OC(C)C)c(Cl)c4)n3)cc2)n1. The highest BCUT2D eigenvalue weighted by atomic mass is 35.5. The maximum Gasteiger partial charge on any atom is 0.358 e. The van der Waals surface area contributed by atoms with Crippen molar-refractivity contribution in [2.75, 3.05) is 6.61 Å². The Morgan fingerprint density at radius 3 is 2.58 bits per heavy atom. The minimum absolute atomic E-state index is 0.0271. The second-order valence-corrected chi connectivity index (χ2v) is 7.96. The summed E-state index contributed by atoms with van der Waals surface area (Å²) in [5.41, 5.74) is 2.82. The Bertz CT molecular complexity index is 1250. The van der Waals surface area contributed by atoms with Crippen LogP contribution in [0.5, 0.6) is 5.75 Å². The predicted molar refractivity (Wildman–Crippen MR) is 123 cm³/mol. The van der Waals surface area contributed by atoms with Crippen LogP contribution in [0.1, 0.15) is 36.8 Å². The van der Waals surface area contributed by atoms with Crippen molar-refractivity contribution in [2.24, 2.45) is 0 Å². The van der Waals surface area contributed by atoms with E-state index in [1.165, 1.54) is 0 Å². The van der Waals surface area contributed by atoms with Gasteiger partial charge in [0.1, 0.15) is 5.75 Å².